The fourth-order valence-electron chi connectivity index (χ4n) is 0.695. The first-order chi connectivity index (χ1) is 6.02. The second-order valence-electron chi connectivity index (χ2n) is 2.38. The minimum Gasteiger partial charge on any atom is -0.272 e. The SMILES string of the molecule is C=C=C.Cc1cc(C(F)F)nn1C. The van der Waals surface area contributed by atoms with Crippen LogP contribution in [0, 0.1) is 6.92 Å². The molecule has 1 heterocycles. The lowest BCUT2D eigenvalue weighted by molar-refractivity contribution is 0.145. The van der Waals surface area contributed by atoms with E-state index in [0.717, 1.165) is 5.69 Å². The highest BCUT2D eigenvalue weighted by molar-refractivity contribution is 5.08. The average molecular weight is 186 g/mol. The van der Waals surface area contributed by atoms with E-state index >= 15 is 0 Å². The summed E-state index contributed by atoms with van der Waals surface area (Å²) in [5.41, 5.74) is 2.84. The number of alkyl halides is 2. The van der Waals surface area contributed by atoms with Gasteiger partial charge >= 0.3 is 0 Å². The summed E-state index contributed by atoms with van der Waals surface area (Å²) in [7, 11) is 1.64. The van der Waals surface area contributed by atoms with Crippen LogP contribution < -0.4 is 0 Å². The van der Waals surface area contributed by atoms with Crippen molar-refractivity contribution in [3.8, 4) is 0 Å². The van der Waals surface area contributed by atoms with Crippen molar-refractivity contribution in [2.45, 2.75) is 13.3 Å². The molecule has 0 amide bonds. The highest BCUT2D eigenvalue weighted by Crippen LogP contribution is 2.16. The Morgan fingerprint density at radius 3 is 2.15 bits per heavy atom. The molecule has 0 aliphatic heterocycles. The lowest BCUT2D eigenvalue weighted by atomic mass is 10.4. The molecule has 0 fully saturated rings. The zero-order valence-electron chi connectivity index (χ0n) is 7.72. The molecule has 0 aliphatic carbocycles. The third-order valence-corrected chi connectivity index (χ3v) is 1.36. The van der Waals surface area contributed by atoms with Crippen molar-refractivity contribution in [1.82, 2.24) is 9.78 Å². The summed E-state index contributed by atoms with van der Waals surface area (Å²) in [5, 5.41) is 3.58. The first-order valence-corrected chi connectivity index (χ1v) is 3.60. The lowest BCUT2D eigenvalue weighted by Crippen LogP contribution is -1.93. The minimum atomic E-state index is -2.46. The van der Waals surface area contributed by atoms with Gasteiger partial charge in [0.2, 0.25) is 0 Å². The van der Waals surface area contributed by atoms with Crippen LogP contribution in [0.1, 0.15) is 17.8 Å². The second kappa shape index (κ2) is 5.27. The van der Waals surface area contributed by atoms with Gasteiger partial charge in [0, 0.05) is 12.7 Å². The quantitative estimate of drug-likeness (QED) is 0.616. The Hall–Kier alpha value is -1.41. The summed E-state index contributed by atoms with van der Waals surface area (Å²) in [5.74, 6) is 0. The second-order valence-corrected chi connectivity index (χ2v) is 2.38. The standard InChI is InChI=1S/C6H8F2N2.C3H4/c1-4-3-5(6(7)8)9-10(4)2;1-3-2/h3,6H,1-2H3;1-2H2. The van der Waals surface area contributed by atoms with Gasteiger partial charge in [0.1, 0.15) is 5.69 Å². The topological polar surface area (TPSA) is 17.8 Å². The van der Waals surface area contributed by atoms with Gasteiger partial charge in [-0.15, -0.1) is 5.73 Å². The summed E-state index contributed by atoms with van der Waals surface area (Å²) >= 11 is 0. The van der Waals surface area contributed by atoms with Crippen LogP contribution in [0.2, 0.25) is 0 Å². The molecule has 1 aromatic rings. The molecular formula is C9H12F2N2. The zero-order valence-corrected chi connectivity index (χ0v) is 7.72. The maximum Gasteiger partial charge on any atom is 0.282 e. The van der Waals surface area contributed by atoms with E-state index in [1.54, 1.807) is 14.0 Å². The lowest BCUT2D eigenvalue weighted by Gasteiger charge is -1.89. The highest BCUT2D eigenvalue weighted by Gasteiger charge is 2.10. The van der Waals surface area contributed by atoms with E-state index in [-0.39, 0.29) is 5.69 Å². The molecule has 0 radical (unpaired) electrons. The molecule has 0 saturated heterocycles. The van der Waals surface area contributed by atoms with Gasteiger partial charge in [-0.2, -0.15) is 5.10 Å². The third-order valence-electron chi connectivity index (χ3n) is 1.36. The van der Waals surface area contributed by atoms with Crippen LogP contribution >= 0.6 is 0 Å². The van der Waals surface area contributed by atoms with Crippen molar-refractivity contribution in [2.24, 2.45) is 7.05 Å². The number of aryl methyl sites for hydroxylation is 2. The van der Waals surface area contributed by atoms with E-state index in [1.807, 2.05) is 0 Å². The van der Waals surface area contributed by atoms with Gasteiger partial charge in [-0.05, 0) is 13.0 Å². The molecule has 13 heavy (non-hydrogen) atoms. The first-order valence-electron chi connectivity index (χ1n) is 3.60. The zero-order chi connectivity index (χ0) is 10.4. The van der Waals surface area contributed by atoms with Gasteiger partial charge < -0.3 is 0 Å². The average Bonchev–Trinajstić information content (AvgIpc) is 2.34. The summed E-state index contributed by atoms with van der Waals surface area (Å²) in [6.45, 7) is 7.98. The maximum absolute atomic E-state index is 11.9. The van der Waals surface area contributed by atoms with Crippen LogP contribution in [0.4, 0.5) is 8.78 Å². The van der Waals surface area contributed by atoms with Crippen molar-refractivity contribution in [3.05, 3.63) is 36.3 Å². The normalized spacial score (nSPS) is 9.00. The Balaban J connectivity index is 0.000000424. The molecule has 0 bridgehead atoms. The van der Waals surface area contributed by atoms with E-state index < -0.39 is 6.43 Å². The molecule has 0 N–H and O–H groups in total. The predicted molar refractivity (Wildman–Crippen MR) is 47.7 cm³/mol. The van der Waals surface area contributed by atoms with Gasteiger partial charge in [0.15, 0.2) is 0 Å². The van der Waals surface area contributed by atoms with E-state index in [2.05, 4.69) is 24.0 Å². The van der Waals surface area contributed by atoms with Gasteiger partial charge in [0.25, 0.3) is 6.43 Å². The summed E-state index contributed by atoms with van der Waals surface area (Å²) in [4.78, 5) is 0. The molecule has 72 valence electrons. The molecule has 0 aromatic carbocycles. The summed E-state index contributed by atoms with van der Waals surface area (Å²) in [6, 6.07) is 1.38. The van der Waals surface area contributed by atoms with Gasteiger partial charge in [0.05, 0.1) is 0 Å². The van der Waals surface area contributed by atoms with Crippen LogP contribution in [0.15, 0.2) is 25.0 Å². The van der Waals surface area contributed by atoms with E-state index in [4.69, 9.17) is 0 Å². The molecule has 1 rings (SSSR count). The van der Waals surface area contributed by atoms with Crippen LogP contribution in [0.25, 0.3) is 0 Å². The molecule has 2 nitrogen and oxygen atoms in total. The van der Waals surface area contributed by atoms with Crippen molar-refractivity contribution in [1.29, 1.82) is 0 Å². The minimum absolute atomic E-state index is 0.153. The van der Waals surface area contributed by atoms with Gasteiger partial charge in [-0.25, -0.2) is 8.78 Å². The summed E-state index contributed by atoms with van der Waals surface area (Å²) in [6.07, 6.45) is -2.46. The van der Waals surface area contributed by atoms with Crippen LogP contribution in [0.3, 0.4) is 0 Å². The summed E-state index contributed by atoms with van der Waals surface area (Å²) < 4.78 is 25.2. The Kier molecular flexibility index (Phi) is 4.70. The van der Waals surface area contributed by atoms with Gasteiger partial charge in [-0.1, -0.05) is 13.2 Å². The molecule has 0 saturated carbocycles. The Morgan fingerprint density at radius 1 is 1.54 bits per heavy atom. The molecule has 0 unspecified atom stereocenters. The predicted octanol–water partition coefficient (Wildman–Crippen LogP) is 2.62. The Morgan fingerprint density at radius 2 is 2.00 bits per heavy atom. The third kappa shape index (κ3) is 3.67. The number of halogens is 2. The molecule has 0 aliphatic rings. The largest absolute Gasteiger partial charge is 0.282 e. The molecule has 4 heteroatoms. The molecule has 1 aromatic heterocycles. The Bertz CT molecular complexity index is 277. The van der Waals surface area contributed by atoms with E-state index in [9.17, 15) is 8.78 Å². The maximum atomic E-state index is 11.9. The molecule has 0 spiro atoms. The monoisotopic (exact) mass is 186 g/mol. The number of hydrogen-bond acceptors (Lipinski definition) is 1. The van der Waals surface area contributed by atoms with Crippen LogP contribution in [-0.4, -0.2) is 9.78 Å². The van der Waals surface area contributed by atoms with Crippen molar-refractivity contribution in [3.63, 3.8) is 0 Å². The molecule has 0 atom stereocenters. The first kappa shape index (κ1) is 11.6. The fraction of sp³-hybridized carbons (Fsp3) is 0.333. The van der Waals surface area contributed by atoms with Gasteiger partial charge in [-0.3, -0.25) is 4.68 Å². The number of hydrogen-bond donors (Lipinski definition) is 0. The van der Waals surface area contributed by atoms with Crippen molar-refractivity contribution in [2.75, 3.05) is 0 Å². The van der Waals surface area contributed by atoms with Crippen LogP contribution in [0.5, 0.6) is 0 Å². The van der Waals surface area contributed by atoms with E-state index in [1.165, 1.54) is 10.7 Å². The molecular weight excluding hydrogens is 174 g/mol. The highest BCUT2D eigenvalue weighted by atomic mass is 19.3. The number of nitrogens with zero attached hydrogens (tertiary/aromatic N) is 2. The smallest absolute Gasteiger partial charge is 0.272 e. The number of rotatable bonds is 1. The fourth-order valence-corrected chi connectivity index (χ4v) is 0.695. The Labute approximate surface area is 76.2 Å². The number of aromatic nitrogens is 2. The van der Waals surface area contributed by atoms with Crippen molar-refractivity contribution < 1.29 is 8.78 Å². The van der Waals surface area contributed by atoms with Crippen molar-refractivity contribution >= 4 is 0 Å². The van der Waals surface area contributed by atoms with Crippen LogP contribution in [-0.2, 0) is 7.05 Å². The van der Waals surface area contributed by atoms with E-state index in [0.29, 0.717) is 0 Å².